The Bertz CT molecular complexity index is 871. The molecule has 2 aromatic rings. The molecule has 0 spiro atoms. The van der Waals surface area contributed by atoms with Crippen LogP contribution < -0.4 is 10.3 Å². The minimum absolute atomic E-state index is 0.0468. The largest absolute Gasteiger partial charge is 0.496 e. The fourth-order valence-electron chi connectivity index (χ4n) is 2.75. The number of nitrogens with zero attached hydrogens (tertiary/aromatic N) is 1. The number of aryl methyl sites for hydroxylation is 1. The minimum Gasteiger partial charge on any atom is -0.496 e. The highest BCUT2D eigenvalue weighted by atomic mass is 16.6. The fourth-order valence-corrected chi connectivity index (χ4v) is 2.75. The topological polar surface area (TPSA) is 49.7 Å². The van der Waals surface area contributed by atoms with Crippen molar-refractivity contribution in [3.63, 3.8) is 0 Å². The number of hydrogen-bond acceptors (Lipinski definition) is 4. The Hall–Kier alpha value is -2.55. The van der Waals surface area contributed by atoms with Gasteiger partial charge < -0.3 is 18.8 Å². The van der Waals surface area contributed by atoms with Crippen molar-refractivity contribution in [1.29, 1.82) is 0 Å². The van der Waals surface area contributed by atoms with Crippen LogP contribution in [0.1, 0.15) is 43.5 Å². The third-order valence-electron chi connectivity index (χ3n) is 4.58. The highest BCUT2D eigenvalue weighted by Gasteiger charge is 2.17. The lowest BCUT2D eigenvalue weighted by Crippen LogP contribution is -2.22. The van der Waals surface area contributed by atoms with Gasteiger partial charge >= 0.3 is 0 Å². The van der Waals surface area contributed by atoms with Crippen molar-refractivity contribution >= 4 is 0 Å². The van der Waals surface area contributed by atoms with Gasteiger partial charge in [-0.25, -0.2) is 0 Å². The maximum absolute atomic E-state index is 12.1. The molecule has 1 aliphatic carbocycles. The summed E-state index contributed by atoms with van der Waals surface area (Å²) >= 11 is 0. The van der Waals surface area contributed by atoms with Gasteiger partial charge in [0.1, 0.15) is 5.75 Å². The second kappa shape index (κ2) is 12.9. The maximum atomic E-state index is 12.1. The van der Waals surface area contributed by atoms with Crippen LogP contribution in [0.4, 0.5) is 0 Å². The smallest absolute Gasteiger partial charge is 0.254 e. The van der Waals surface area contributed by atoms with Crippen LogP contribution in [0.25, 0.3) is 0 Å². The zero-order valence-electron chi connectivity index (χ0n) is 18.6. The van der Waals surface area contributed by atoms with Crippen molar-refractivity contribution in [1.82, 2.24) is 4.57 Å². The number of methoxy groups -OCH3 is 1. The second-order valence-corrected chi connectivity index (χ2v) is 6.93. The van der Waals surface area contributed by atoms with Crippen molar-refractivity contribution < 1.29 is 14.2 Å². The maximum Gasteiger partial charge on any atom is 0.254 e. The average molecular weight is 412 g/mol. The molecule has 162 valence electrons. The van der Waals surface area contributed by atoms with Crippen molar-refractivity contribution in [2.24, 2.45) is 5.92 Å². The van der Waals surface area contributed by atoms with E-state index in [4.69, 9.17) is 14.2 Å². The summed E-state index contributed by atoms with van der Waals surface area (Å²) in [5, 5.41) is 0. The van der Waals surface area contributed by atoms with Crippen LogP contribution in [0.3, 0.4) is 0 Å². The molecule has 2 heterocycles. The van der Waals surface area contributed by atoms with Crippen LogP contribution in [0.5, 0.6) is 5.75 Å². The molecule has 1 saturated heterocycles. The third-order valence-corrected chi connectivity index (χ3v) is 4.58. The molecule has 4 rings (SSSR count). The van der Waals surface area contributed by atoms with Crippen LogP contribution >= 0.6 is 0 Å². The van der Waals surface area contributed by atoms with Gasteiger partial charge in [-0.3, -0.25) is 4.79 Å². The highest BCUT2D eigenvalue weighted by molar-refractivity contribution is 5.37. The molecule has 0 N–H and O–H groups in total. The molecule has 0 unspecified atom stereocenters. The van der Waals surface area contributed by atoms with Crippen molar-refractivity contribution in [2.45, 2.75) is 40.2 Å². The van der Waals surface area contributed by atoms with Gasteiger partial charge in [0, 0.05) is 23.2 Å². The predicted molar refractivity (Wildman–Crippen MR) is 120 cm³/mol. The zero-order chi connectivity index (χ0) is 21.8. The molecule has 0 atom stereocenters. The molecular weight excluding hydrogens is 378 g/mol. The Morgan fingerprint density at radius 1 is 1.03 bits per heavy atom. The third kappa shape index (κ3) is 8.06. The van der Waals surface area contributed by atoms with Gasteiger partial charge in [-0.1, -0.05) is 37.8 Å². The molecule has 1 aliphatic heterocycles. The average Bonchev–Trinajstić information content (AvgIpc) is 3.63. The minimum atomic E-state index is -0.0468. The lowest BCUT2D eigenvalue weighted by atomic mass is 10.1. The Morgan fingerprint density at radius 2 is 1.63 bits per heavy atom. The van der Waals surface area contributed by atoms with E-state index in [2.05, 4.69) is 11.8 Å². The van der Waals surface area contributed by atoms with Crippen molar-refractivity contribution in [3.05, 3.63) is 63.6 Å². The number of pyridine rings is 1. The fraction of sp³-hybridized carbons (Fsp3) is 0.480. The molecule has 5 heteroatoms. The van der Waals surface area contributed by atoms with E-state index in [0.29, 0.717) is 18.2 Å². The Balaban J connectivity index is 0.000000340. The van der Waals surface area contributed by atoms with E-state index in [9.17, 15) is 4.79 Å². The summed E-state index contributed by atoms with van der Waals surface area (Å²) in [5.74, 6) is 7.67. The molecule has 30 heavy (non-hydrogen) atoms. The molecule has 2 fully saturated rings. The van der Waals surface area contributed by atoms with E-state index in [1.54, 1.807) is 11.7 Å². The Labute approximate surface area is 180 Å². The summed E-state index contributed by atoms with van der Waals surface area (Å²) in [5.41, 5.74) is 2.97. The van der Waals surface area contributed by atoms with Crippen molar-refractivity contribution in [3.8, 4) is 17.6 Å². The lowest BCUT2D eigenvalue weighted by Gasteiger charge is -2.11. The number of rotatable bonds is 3. The van der Waals surface area contributed by atoms with Gasteiger partial charge in [-0.05, 0) is 43.5 Å². The van der Waals surface area contributed by atoms with Gasteiger partial charge in [0.2, 0.25) is 0 Å². The quantitative estimate of drug-likeness (QED) is 0.716. The molecular formula is C25H33NO4. The predicted octanol–water partition coefficient (Wildman–Crippen LogP) is 4.03. The van der Waals surface area contributed by atoms with Gasteiger partial charge in [0.25, 0.3) is 5.56 Å². The van der Waals surface area contributed by atoms with Crippen LogP contribution in [0.2, 0.25) is 0 Å². The first-order valence-electron chi connectivity index (χ1n) is 10.7. The van der Waals surface area contributed by atoms with Crippen molar-refractivity contribution in [2.75, 3.05) is 33.5 Å². The van der Waals surface area contributed by atoms with E-state index < -0.39 is 0 Å². The summed E-state index contributed by atoms with van der Waals surface area (Å²) in [7, 11) is 1.57. The first-order chi connectivity index (χ1) is 14.7. The summed E-state index contributed by atoms with van der Waals surface area (Å²) in [4.78, 5) is 12.1. The summed E-state index contributed by atoms with van der Waals surface area (Å²) in [6, 6.07) is 11.5. The second-order valence-electron chi connectivity index (χ2n) is 6.93. The molecule has 0 bridgehead atoms. The molecule has 0 radical (unpaired) electrons. The van der Waals surface area contributed by atoms with E-state index in [-0.39, 0.29) is 5.56 Å². The van der Waals surface area contributed by atoms with Gasteiger partial charge in [-0.15, -0.1) is 0 Å². The van der Waals surface area contributed by atoms with Crippen LogP contribution in [0, 0.1) is 24.7 Å². The summed E-state index contributed by atoms with van der Waals surface area (Å²) < 4.78 is 16.8. The monoisotopic (exact) mass is 411 g/mol. The molecule has 5 nitrogen and oxygen atoms in total. The molecule has 2 aliphatic rings. The Kier molecular flexibility index (Phi) is 10.2. The van der Waals surface area contributed by atoms with E-state index in [1.807, 2.05) is 51.1 Å². The molecule has 1 saturated carbocycles. The number of hydrogen-bond donors (Lipinski definition) is 0. The van der Waals surface area contributed by atoms with E-state index >= 15 is 0 Å². The first kappa shape index (κ1) is 23.7. The zero-order valence-corrected chi connectivity index (χ0v) is 18.6. The first-order valence-corrected chi connectivity index (χ1v) is 10.7. The standard InChI is InChI=1S/C19H19NO2.C4H8O2.C2H6/c1-14-11-18(22-2)12-19(21)20(14)13-17-9-7-16(8-10-17)6-5-15-3-4-15;1-2-6-4-3-5-1;1-2/h7-12,15H,3-4,13H2,1-2H3;1-4H2;1-2H3. The summed E-state index contributed by atoms with van der Waals surface area (Å²) in [6.45, 7) is 9.59. The van der Waals surface area contributed by atoms with Gasteiger partial charge in [0.15, 0.2) is 0 Å². The molecule has 1 aromatic heterocycles. The lowest BCUT2D eigenvalue weighted by molar-refractivity contribution is -0.0334. The molecule has 1 aromatic carbocycles. The molecule has 0 amide bonds. The van der Waals surface area contributed by atoms with Gasteiger partial charge in [0.05, 0.1) is 40.1 Å². The van der Waals surface area contributed by atoms with Gasteiger partial charge in [-0.2, -0.15) is 0 Å². The number of ether oxygens (including phenoxy) is 3. The van der Waals surface area contributed by atoms with Crippen LogP contribution in [-0.2, 0) is 16.0 Å². The van der Waals surface area contributed by atoms with E-state index in [0.717, 1.165) is 43.2 Å². The number of benzene rings is 1. The van der Waals surface area contributed by atoms with Crippen LogP contribution in [-0.4, -0.2) is 38.1 Å². The summed E-state index contributed by atoms with van der Waals surface area (Å²) in [6.07, 6.45) is 2.48. The normalized spacial score (nSPS) is 14.8. The number of aromatic nitrogens is 1. The Morgan fingerprint density at radius 3 is 2.10 bits per heavy atom. The van der Waals surface area contributed by atoms with Crippen LogP contribution in [0.15, 0.2) is 41.2 Å². The SMILES string of the molecule is C1COCCO1.CC.COc1cc(C)n(Cc2ccc(C#CC3CC3)cc2)c(=O)c1. The highest BCUT2D eigenvalue weighted by Crippen LogP contribution is 2.27. The van der Waals surface area contributed by atoms with E-state index in [1.165, 1.54) is 18.9 Å².